The molecule has 7 nitrogen and oxygen atoms in total. The number of nitrogens with zero attached hydrogens (tertiary/aromatic N) is 1. The maximum absolute atomic E-state index is 13.7. The quantitative estimate of drug-likeness (QED) is 0.406. The molecule has 0 bridgehead atoms. The number of imide groups is 1. The molecule has 0 spiro atoms. The molecule has 35 heavy (non-hydrogen) atoms. The van der Waals surface area contributed by atoms with Gasteiger partial charge in [0, 0.05) is 18.9 Å². The largest absolute Gasteiger partial charge is 0.354 e. The van der Waals surface area contributed by atoms with Crippen molar-refractivity contribution in [3.05, 3.63) is 48.0 Å². The minimum absolute atomic E-state index is 0.245. The van der Waals surface area contributed by atoms with Gasteiger partial charge in [-0.05, 0) is 68.6 Å². The predicted molar refractivity (Wildman–Crippen MR) is 140 cm³/mol. The molecule has 1 saturated heterocycles. The van der Waals surface area contributed by atoms with Gasteiger partial charge in [0.05, 0.1) is 6.04 Å². The molecule has 7 heteroatoms. The van der Waals surface area contributed by atoms with Gasteiger partial charge in [0.25, 0.3) is 0 Å². The Balaban J connectivity index is 1.96. The lowest BCUT2D eigenvalue weighted by Gasteiger charge is -2.33. The van der Waals surface area contributed by atoms with Crippen molar-refractivity contribution in [3.63, 3.8) is 0 Å². The molecule has 3 amide bonds. The lowest BCUT2D eigenvalue weighted by molar-refractivity contribution is -0.155. The number of hydrogen-bond donors (Lipinski definition) is 3. The molecule has 1 aliphatic heterocycles. The molecule has 0 aliphatic carbocycles. The van der Waals surface area contributed by atoms with E-state index < -0.39 is 12.1 Å². The highest BCUT2D eigenvalue weighted by atomic mass is 16.2. The van der Waals surface area contributed by atoms with E-state index >= 15 is 0 Å². The summed E-state index contributed by atoms with van der Waals surface area (Å²) in [5, 5.41) is 11.5. The van der Waals surface area contributed by atoms with Crippen LogP contribution in [0, 0.1) is 5.92 Å². The molecule has 190 valence electrons. The van der Waals surface area contributed by atoms with Crippen LogP contribution in [0.2, 0.25) is 0 Å². The fourth-order valence-electron chi connectivity index (χ4n) is 4.80. The lowest BCUT2D eigenvalue weighted by Crippen LogP contribution is -2.58. The summed E-state index contributed by atoms with van der Waals surface area (Å²) in [5.41, 5.74) is 0.925. The molecular formula is C28H40N4O3. The van der Waals surface area contributed by atoms with Crippen molar-refractivity contribution in [1.29, 1.82) is 0 Å². The van der Waals surface area contributed by atoms with Crippen LogP contribution in [0.5, 0.6) is 0 Å². The van der Waals surface area contributed by atoms with Crippen molar-refractivity contribution >= 4 is 28.5 Å². The van der Waals surface area contributed by atoms with Crippen LogP contribution in [0.4, 0.5) is 0 Å². The maximum Gasteiger partial charge on any atom is 0.247 e. The van der Waals surface area contributed by atoms with E-state index in [2.05, 4.69) is 22.0 Å². The zero-order valence-corrected chi connectivity index (χ0v) is 21.3. The minimum atomic E-state index is -0.895. The number of carbonyl (C=O) groups is 3. The van der Waals surface area contributed by atoms with Crippen LogP contribution >= 0.6 is 0 Å². The van der Waals surface area contributed by atoms with Crippen molar-refractivity contribution < 1.29 is 14.4 Å². The van der Waals surface area contributed by atoms with Gasteiger partial charge in [0.1, 0.15) is 6.04 Å². The molecule has 3 N–H and O–H groups in total. The molecule has 3 rings (SSSR count). The smallest absolute Gasteiger partial charge is 0.247 e. The topological polar surface area (TPSA) is 90.5 Å². The van der Waals surface area contributed by atoms with E-state index in [0.717, 1.165) is 42.3 Å². The molecule has 2 aromatic carbocycles. The van der Waals surface area contributed by atoms with E-state index in [9.17, 15) is 14.4 Å². The normalized spacial score (nSPS) is 16.4. The Morgan fingerprint density at radius 1 is 1.06 bits per heavy atom. The van der Waals surface area contributed by atoms with Gasteiger partial charge in [0.2, 0.25) is 17.7 Å². The van der Waals surface area contributed by atoms with Crippen LogP contribution in [0.15, 0.2) is 42.5 Å². The number of carbonyl (C=O) groups excluding carboxylic acids is 3. The maximum atomic E-state index is 13.7. The van der Waals surface area contributed by atoms with E-state index in [0.29, 0.717) is 25.8 Å². The van der Waals surface area contributed by atoms with Crippen molar-refractivity contribution in [2.75, 3.05) is 26.7 Å². The van der Waals surface area contributed by atoms with Gasteiger partial charge in [-0.1, -0.05) is 56.3 Å². The summed E-state index contributed by atoms with van der Waals surface area (Å²) in [6.07, 6.45) is 3.87. The Labute approximate surface area is 209 Å². The second-order valence-electron chi connectivity index (χ2n) is 9.36. The molecule has 2 atom stereocenters. The predicted octanol–water partition coefficient (Wildman–Crippen LogP) is 3.02. The van der Waals surface area contributed by atoms with Crippen LogP contribution in [-0.4, -0.2) is 61.4 Å². The summed E-state index contributed by atoms with van der Waals surface area (Å²) in [4.78, 5) is 42.3. The van der Waals surface area contributed by atoms with Gasteiger partial charge in [-0.15, -0.1) is 0 Å². The monoisotopic (exact) mass is 480 g/mol. The molecular weight excluding hydrogens is 440 g/mol. The summed E-state index contributed by atoms with van der Waals surface area (Å²) in [6, 6.07) is 12.8. The average molecular weight is 481 g/mol. The second kappa shape index (κ2) is 13.4. The summed E-state index contributed by atoms with van der Waals surface area (Å²) < 4.78 is 0. The number of nitrogens with one attached hydrogen (secondary N) is 3. The van der Waals surface area contributed by atoms with E-state index in [1.807, 2.05) is 57.3 Å². The minimum Gasteiger partial charge on any atom is -0.354 e. The van der Waals surface area contributed by atoms with Crippen LogP contribution in [0.3, 0.4) is 0 Å². The van der Waals surface area contributed by atoms with Gasteiger partial charge in [-0.25, -0.2) is 0 Å². The van der Waals surface area contributed by atoms with Crippen molar-refractivity contribution in [2.24, 2.45) is 5.92 Å². The third kappa shape index (κ3) is 6.89. The Morgan fingerprint density at radius 3 is 2.46 bits per heavy atom. The first-order valence-electron chi connectivity index (χ1n) is 13.0. The Bertz CT molecular complexity index is 985. The fraction of sp³-hybridized carbons (Fsp3) is 0.536. The van der Waals surface area contributed by atoms with E-state index in [4.69, 9.17) is 0 Å². The highest BCUT2D eigenvalue weighted by Gasteiger charge is 2.40. The summed E-state index contributed by atoms with van der Waals surface area (Å²) >= 11 is 0. The first-order chi connectivity index (χ1) is 17.0. The summed E-state index contributed by atoms with van der Waals surface area (Å²) in [7, 11) is 1.87. The van der Waals surface area contributed by atoms with Gasteiger partial charge in [0.15, 0.2) is 0 Å². The highest BCUT2D eigenvalue weighted by molar-refractivity contribution is 6.03. The number of hydrogen-bond acceptors (Lipinski definition) is 5. The second-order valence-corrected chi connectivity index (χ2v) is 9.36. The molecule has 1 aliphatic rings. The van der Waals surface area contributed by atoms with Gasteiger partial charge in [-0.3, -0.25) is 19.3 Å². The van der Waals surface area contributed by atoms with Crippen LogP contribution in [0.1, 0.15) is 51.5 Å². The van der Waals surface area contributed by atoms with Gasteiger partial charge < -0.3 is 16.0 Å². The molecule has 1 fully saturated rings. The Morgan fingerprint density at radius 2 is 1.80 bits per heavy atom. The molecule has 0 radical (unpaired) electrons. The number of benzene rings is 2. The standard InChI is InChI=1S/C28H40N4O3/c1-4-21(5-2)27(34)32(28(35)24-12-8-16-30-24)25(26(33)31-17-9-15-29-3)19-20-13-14-22-10-6-7-11-23(22)18-20/h6-7,10-11,13-14,18,21,24-25,29-30H,4-5,8-9,12,15-17,19H2,1-3H3,(H,31,33)/t24-,25+/m0/s1. The molecule has 0 unspecified atom stereocenters. The third-order valence-electron chi connectivity index (χ3n) is 6.93. The lowest BCUT2D eigenvalue weighted by atomic mass is 9.96. The molecule has 0 aromatic heterocycles. The molecule has 0 saturated carbocycles. The third-order valence-corrected chi connectivity index (χ3v) is 6.93. The van der Waals surface area contributed by atoms with Crippen molar-refractivity contribution in [3.8, 4) is 0 Å². The molecule has 1 heterocycles. The SMILES string of the molecule is CCC(CC)C(=O)N(C(=O)[C@@H]1CCCN1)[C@H](Cc1ccc2ccccc2c1)C(=O)NCCCNC. The van der Waals surface area contributed by atoms with Crippen LogP contribution < -0.4 is 16.0 Å². The number of amides is 3. The van der Waals surface area contributed by atoms with Crippen LogP contribution in [0.25, 0.3) is 10.8 Å². The van der Waals surface area contributed by atoms with Crippen molar-refractivity contribution in [2.45, 2.75) is 64.5 Å². The van der Waals surface area contributed by atoms with Crippen LogP contribution in [-0.2, 0) is 20.8 Å². The van der Waals surface area contributed by atoms with E-state index in [-0.39, 0.29) is 30.1 Å². The number of fused-ring (bicyclic) bond motifs is 1. The van der Waals surface area contributed by atoms with E-state index in [1.54, 1.807) is 0 Å². The molecule has 2 aromatic rings. The van der Waals surface area contributed by atoms with Gasteiger partial charge >= 0.3 is 0 Å². The van der Waals surface area contributed by atoms with Crippen molar-refractivity contribution in [1.82, 2.24) is 20.9 Å². The first kappa shape index (κ1) is 26.8. The Hall–Kier alpha value is -2.77. The number of rotatable bonds is 12. The summed E-state index contributed by atoms with van der Waals surface area (Å²) in [5.74, 6) is -1.10. The summed E-state index contributed by atoms with van der Waals surface area (Å²) in [6.45, 7) is 5.92. The fourth-order valence-corrected chi connectivity index (χ4v) is 4.80. The zero-order valence-electron chi connectivity index (χ0n) is 21.3. The average Bonchev–Trinajstić information content (AvgIpc) is 3.42. The highest BCUT2D eigenvalue weighted by Crippen LogP contribution is 2.23. The zero-order chi connectivity index (χ0) is 25.2. The first-order valence-corrected chi connectivity index (χ1v) is 13.0. The Kier molecular flexibility index (Phi) is 10.2. The van der Waals surface area contributed by atoms with Gasteiger partial charge in [-0.2, -0.15) is 0 Å². The van der Waals surface area contributed by atoms with E-state index in [1.165, 1.54) is 4.90 Å².